The second-order valence-corrected chi connectivity index (χ2v) is 3.90. The molecule has 1 heterocycles. The van der Waals surface area contributed by atoms with E-state index < -0.39 is 0 Å². The van der Waals surface area contributed by atoms with E-state index in [9.17, 15) is 4.79 Å². The van der Waals surface area contributed by atoms with E-state index >= 15 is 0 Å². The Hall–Kier alpha value is -1.52. The van der Waals surface area contributed by atoms with E-state index in [0.29, 0.717) is 17.2 Å². The number of nitrogens with one attached hydrogen (secondary N) is 1. The maximum atomic E-state index is 11.8. The van der Waals surface area contributed by atoms with Gasteiger partial charge in [0.1, 0.15) is 7.11 Å². The fourth-order valence-electron chi connectivity index (χ4n) is 1.77. The SMILES string of the molecule is CON=C(C)c1c(C2CC2)[nH]n(C)c1=O. The number of rotatable bonds is 3. The minimum Gasteiger partial charge on any atom is -0.399 e. The first-order valence-corrected chi connectivity index (χ1v) is 5.02. The van der Waals surface area contributed by atoms with Crippen LogP contribution in [0.2, 0.25) is 0 Å². The van der Waals surface area contributed by atoms with Crippen LogP contribution in [0.4, 0.5) is 0 Å². The van der Waals surface area contributed by atoms with Gasteiger partial charge in [0.2, 0.25) is 0 Å². The molecule has 0 bridgehead atoms. The zero-order chi connectivity index (χ0) is 11.0. The Labute approximate surface area is 87.7 Å². The predicted molar refractivity (Wildman–Crippen MR) is 57.2 cm³/mol. The summed E-state index contributed by atoms with van der Waals surface area (Å²) in [7, 11) is 3.20. The topological polar surface area (TPSA) is 59.4 Å². The maximum absolute atomic E-state index is 11.8. The van der Waals surface area contributed by atoms with Crippen LogP contribution in [0.25, 0.3) is 0 Å². The number of oxime groups is 1. The molecule has 1 saturated carbocycles. The first-order chi connectivity index (χ1) is 7.15. The Balaban J connectivity index is 2.52. The van der Waals surface area contributed by atoms with Crippen molar-refractivity contribution < 1.29 is 4.84 Å². The Kier molecular flexibility index (Phi) is 2.38. The number of aromatic amines is 1. The van der Waals surface area contributed by atoms with Gasteiger partial charge in [0.05, 0.1) is 11.3 Å². The van der Waals surface area contributed by atoms with Gasteiger partial charge in [-0.15, -0.1) is 0 Å². The van der Waals surface area contributed by atoms with Gasteiger partial charge in [-0.3, -0.25) is 14.6 Å². The van der Waals surface area contributed by atoms with E-state index in [2.05, 4.69) is 10.3 Å². The molecule has 1 aliphatic carbocycles. The Morgan fingerprint density at radius 3 is 2.80 bits per heavy atom. The normalized spacial score (nSPS) is 16.9. The summed E-state index contributed by atoms with van der Waals surface area (Å²) >= 11 is 0. The van der Waals surface area contributed by atoms with Crippen LogP contribution in [-0.2, 0) is 11.9 Å². The third-order valence-electron chi connectivity index (χ3n) is 2.65. The molecule has 0 aliphatic heterocycles. The van der Waals surface area contributed by atoms with Gasteiger partial charge < -0.3 is 4.84 Å². The standard InChI is InChI=1S/C10H15N3O2/c1-6(12-15-3)8-9(7-4-5-7)11-13(2)10(8)14/h7,11H,4-5H2,1-3H3. The van der Waals surface area contributed by atoms with Gasteiger partial charge in [0, 0.05) is 18.7 Å². The molecule has 1 fully saturated rings. The summed E-state index contributed by atoms with van der Waals surface area (Å²) in [5.74, 6) is 0.496. The van der Waals surface area contributed by atoms with Crippen molar-refractivity contribution in [2.24, 2.45) is 12.2 Å². The Morgan fingerprint density at radius 1 is 1.60 bits per heavy atom. The van der Waals surface area contributed by atoms with Crippen LogP contribution >= 0.6 is 0 Å². The molecule has 5 heteroatoms. The van der Waals surface area contributed by atoms with E-state index in [0.717, 1.165) is 18.5 Å². The lowest BCUT2D eigenvalue weighted by atomic mass is 10.1. The minimum atomic E-state index is -0.0322. The molecule has 0 amide bonds. The minimum absolute atomic E-state index is 0.0322. The van der Waals surface area contributed by atoms with Gasteiger partial charge in [-0.05, 0) is 19.8 Å². The molecule has 0 atom stereocenters. The van der Waals surface area contributed by atoms with E-state index in [4.69, 9.17) is 4.84 Å². The molecular formula is C10H15N3O2. The largest absolute Gasteiger partial charge is 0.399 e. The summed E-state index contributed by atoms with van der Waals surface area (Å²) in [5.41, 5.74) is 2.28. The fourth-order valence-corrected chi connectivity index (χ4v) is 1.77. The Bertz CT molecular complexity index is 452. The van der Waals surface area contributed by atoms with Crippen molar-refractivity contribution in [2.75, 3.05) is 7.11 Å². The highest BCUT2D eigenvalue weighted by molar-refractivity contribution is 5.99. The summed E-state index contributed by atoms with van der Waals surface area (Å²) in [4.78, 5) is 16.5. The average Bonchev–Trinajstić information content (AvgIpc) is 2.96. The van der Waals surface area contributed by atoms with Crippen LogP contribution in [0, 0.1) is 0 Å². The number of aryl methyl sites for hydroxylation is 1. The van der Waals surface area contributed by atoms with E-state index in [1.165, 1.54) is 11.8 Å². The lowest BCUT2D eigenvalue weighted by Gasteiger charge is -1.98. The molecule has 0 unspecified atom stereocenters. The maximum Gasteiger partial charge on any atom is 0.275 e. The molecule has 15 heavy (non-hydrogen) atoms. The number of nitrogens with zero attached hydrogens (tertiary/aromatic N) is 2. The molecule has 1 aromatic rings. The zero-order valence-corrected chi connectivity index (χ0v) is 9.20. The summed E-state index contributed by atoms with van der Waals surface area (Å²) in [6, 6.07) is 0. The molecule has 2 rings (SSSR count). The van der Waals surface area contributed by atoms with Crippen LogP contribution in [-0.4, -0.2) is 22.6 Å². The highest BCUT2D eigenvalue weighted by Gasteiger charge is 2.30. The molecule has 5 nitrogen and oxygen atoms in total. The van der Waals surface area contributed by atoms with Crippen LogP contribution in [0.15, 0.2) is 9.95 Å². The molecule has 0 saturated heterocycles. The second kappa shape index (κ2) is 3.56. The van der Waals surface area contributed by atoms with Crippen LogP contribution in [0.1, 0.15) is 36.9 Å². The molecule has 1 N–H and O–H groups in total. The molecular weight excluding hydrogens is 194 g/mol. The highest BCUT2D eigenvalue weighted by Crippen LogP contribution is 2.40. The van der Waals surface area contributed by atoms with Gasteiger partial charge >= 0.3 is 0 Å². The second-order valence-electron chi connectivity index (χ2n) is 3.90. The Morgan fingerprint density at radius 2 is 2.27 bits per heavy atom. The lowest BCUT2D eigenvalue weighted by Crippen LogP contribution is -2.18. The summed E-state index contributed by atoms with van der Waals surface area (Å²) in [6.45, 7) is 1.79. The van der Waals surface area contributed by atoms with E-state index in [1.54, 1.807) is 14.0 Å². The van der Waals surface area contributed by atoms with Crippen molar-refractivity contribution in [3.63, 3.8) is 0 Å². The molecule has 1 aliphatic rings. The molecule has 82 valence electrons. The molecule has 0 radical (unpaired) electrons. The monoisotopic (exact) mass is 209 g/mol. The summed E-state index contributed by atoms with van der Waals surface area (Å²) < 4.78 is 1.50. The van der Waals surface area contributed by atoms with Gasteiger partial charge in [0.25, 0.3) is 5.56 Å². The van der Waals surface area contributed by atoms with Crippen molar-refractivity contribution in [1.29, 1.82) is 0 Å². The number of hydrogen-bond donors (Lipinski definition) is 1. The summed E-state index contributed by atoms with van der Waals surface area (Å²) in [6.07, 6.45) is 2.29. The van der Waals surface area contributed by atoms with Crippen molar-refractivity contribution in [3.8, 4) is 0 Å². The van der Waals surface area contributed by atoms with Crippen LogP contribution in [0.5, 0.6) is 0 Å². The van der Waals surface area contributed by atoms with Crippen LogP contribution < -0.4 is 5.56 Å². The van der Waals surface area contributed by atoms with Gasteiger partial charge in [-0.1, -0.05) is 5.16 Å². The number of aromatic nitrogens is 2. The van der Waals surface area contributed by atoms with Crippen molar-refractivity contribution in [1.82, 2.24) is 9.78 Å². The summed E-state index contributed by atoms with van der Waals surface area (Å²) in [5, 5.41) is 6.91. The third kappa shape index (κ3) is 1.69. The van der Waals surface area contributed by atoms with Crippen LogP contribution in [0.3, 0.4) is 0 Å². The van der Waals surface area contributed by atoms with Gasteiger partial charge in [-0.25, -0.2) is 0 Å². The van der Waals surface area contributed by atoms with Crippen molar-refractivity contribution >= 4 is 5.71 Å². The predicted octanol–water partition coefficient (Wildman–Crippen LogP) is 0.961. The first-order valence-electron chi connectivity index (χ1n) is 5.02. The molecule has 0 spiro atoms. The van der Waals surface area contributed by atoms with E-state index in [1.807, 2.05) is 0 Å². The molecule has 1 aromatic heterocycles. The quantitative estimate of drug-likeness (QED) is 0.595. The molecule has 0 aromatic carbocycles. The first kappa shape index (κ1) is 10.0. The van der Waals surface area contributed by atoms with E-state index in [-0.39, 0.29) is 5.56 Å². The van der Waals surface area contributed by atoms with Crippen molar-refractivity contribution in [2.45, 2.75) is 25.7 Å². The van der Waals surface area contributed by atoms with Crippen molar-refractivity contribution in [3.05, 3.63) is 21.6 Å². The number of H-pyrrole nitrogens is 1. The zero-order valence-electron chi connectivity index (χ0n) is 9.20. The lowest BCUT2D eigenvalue weighted by molar-refractivity contribution is 0.213. The smallest absolute Gasteiger partial charge is 0.275 e. The average molecular weight is 209 g/mol. The number of hydrogen-bond acceptors (Lipinski definition) is 3. The highest BCUT2D eigenvalue weighted by atomic mass is 16.6. The third-order valence-corrected chi connectivity index (χ3v) is 2.65. The fraction of sp³-hybridized carbons (Fsp3) is 0.600. The van der Waals surface area contributed by atoms with Gasteiger partial charge in [0.15, 0.2) is 0 Å². The van der Waals surface area contributed by atoms with Gasteiger partial charge in [-0.2, -0.15) is 0 Å².